The van der Waals surface area contributed by atoms with Crippen LogP contribution in [0.25, 0.3) is 0 Å². The molecule has 2 unspecified atom stereocenters. The van der Waals surface area contributed by atoms with Gasteiger partial charge >= 0.3 is 11.9 Å². The van der Waals surface area contributed by atoms with Crippen LogP contribution in [-0.2, 0) is 14.3 Å². The second-order valence-corrected chi connectivity index (χ2v) is 8.91. The SMILES string of the molecule is CC(=O)O[C@H]1C[C@]2(C)C(C)=CCCC2C(C)(CC/C(C)=C/C(=O)O)[C@H]1C. The number of carboxylic acids is 1. The maximum atomic E-state index is 11.7. The van der Waals surface area contributed by atoms with Gasteiger partial charge in [0.05, 0.1) is 0 Å². The zero-order chi connectivity index (χ0) is 19.7. The number of hydrogen-bond donors (Lipinski definition) is 1. The van der Waals surface area contributed by atoms with E-state index in [9.17, 15) is 9.59 Å². The van der Waals surface area contributed by atoms with Crippen LogP contribution in [0.2, 0.25) is 0 Å². The second-order valence-electron chi connectivity index (χ2n) is 8.91. The van der Waals surface area contributed by atoms with Crippen molar-refractivity contribution in [3.63, 3.8) is 0 Å². The van der Waals surface area contributed by atoms with Gasteiger partial charge in [0.2, 0.25) is 0 Å². The Morgan fingerprint density at radius 1 is 1.35 bits per heavy atom. The standard InChI is InChI=1S/C22H34O4/c1-14(12-20(24)25)10-11-21(5)16(3)18(26-17(4)23)13-22(6)15(2)8-7-9-19(21)22/h8,12,16,18-19H,7,9-11,13H2,1-6H3,(H,24,25)/b14-12+/t16-,18-,19?,21?,22+/m0/s1. The van der Waals surface area contributed by atoms with E-state index in [-0.39, 0.29) is 28.8 Å². The highest BCUT2D eigenvalue weighted by atomic mass is 16.5. The molecule has 0 amide bonds. The van der Waals surface area contributed by atoms with Gasteiger partial charge in [0, 0.05) is 13.0 Å². The molecule has 0 saturated heterocycles. The Labute approximate surface area is 157 Å². The first-order valence-electron chi connectivity index (χ1n) is 9.75. The molecule has 0 aliphatic heterocycles. The van der Waals surface area contributed by atoms with Gasteiger partial charge in [-0.05, 0) is 68.6 Å². The van der Waals surface area contributed by atoms with Gasteiger partial charge in [-0.25, -0.2) is 4.79 Å². The maximum Gasteiger partial charge on any atom is 0.328 e. The van der Waals surface area contributed by atoms with Crippen molar-refractivity contribution in [3.8, 4) is 0 Å². The minimum absolute atomic E-state index is 0.00373. The lowest BCUT2D eigenvalue weighted by Crippen LogP contribution is -2.55. The molecular formula is C22H34O4. The van der Waals surface area contributed by atoms with E-state index in [1.807, 2.05) is 6.92 Å². The number of carbonyl (C=O) groups is 2. The monoisotopic (exact) mass is 362 g/mol. The third kappa shape index (κ3) is 3.89. The zero-order valence-electron chi connectivity index (χ0n) is 17.1. The summed E-state index contributed by atoms with van der Waals surface area (Å²) in [5, 5.41) is 9.00. The summed E-state index contributed by atoms with van der Waals surface area (Å²) in [6, 6.07) is 0. The fraction of sp³-hybridized carbons (Fsp3) is 0.727. The molecule has 0 aromatic rings. The van der Waals surface area contributed by atoms with E-state index in [2.05, 4.69) is 33.8 Å². The number of carboxylic acid groups (broad SMARTS) is 1. The summed E-state index contributed by atoms with van der Waals surface area (Å²) < 4.78 is 5.76. The Kier molecular flexibility index (Phi) is 6.04. The Morgan fingerprint density at radius 2 is 2.00 bits per heavy atom. The topological polar surface area (TPSA) is 63.6 Å². The predicted octanol–water partition coefficient (Wildman–Crippen LogP) is 5.14. The van der Waals surface area contributed by atoms with Gasteiger partial charge in [-0.2, -0.15) is 0 Å². The Balaban J connectivity index is 2.37. The van der Waals surface area contributed by atoms with Gasteiger partial charge in [0.1, 0.15) is 6.10 Å². The molecule has 1 N–H and O–H groups in total. The molecule has 2 aliphatic carbocycles. The number of allylic oxidation sites excluding steroid dienone is 3. The van der Waals surface area contributed by atoms with Crippen molar-refractivity contribution < 1.29 is 19.4 Å². The Bertz CT molecular complexity index is 632. The average molecular weight is 363 g/mol. The van der Waals surface area contributed by atoms with E-state index in [1.54, 1.807) is 0 Å². The molecule has 0 aromatic carbocycles. The van der Waals surface area contributed by atoms with Crippen molar-refractivity contribution in [2.75, 3.05) is 0 Å². The number of aliphatic carboxylic acids is 1. The molecule has 0 heterocycles. The van der Waals surface area contributed by atoms with Crippen molar-refractivity contribution in [1.82, 2.24) is 0 Å². The first-order valence-corrected chi connectivity index (χ1v) is 9.75. The second kappa shape index (κ2) is 7.58. The van der Waals surface area contributed by atoms with Crippen LogP contribution in [0.5, 0.6) is 0 Å². The van der Waals surface area contributed by atoms with Gasteiger partial charge < -0.3 is 9.84 Å². The van der Waals surface area contributed by atoms with Crippen molar-refractivity contribution in [2.45, 2.75) is 79.8 Å². The molecule has 2 rings (SSSR count). The van der Waals surface area contributed by atoms with Crippen LogP contribution >= 0.6 is 0 Å². The normalized spacial score (nSPS) is 37.5. The summed E-state index contributed by atoms with van der Waals surface area (Å²) in [4.78, 5) is 22.6. The van der Waals surface area contributed by atoms with Crippen LogP contribution in [-0.4, -0.2) is 23.1 Å². The van der Waals surface area contributed by atoms with E-state index in [1.165, 1.54) is 18.6 Å². The number of hydrogen-bond acceptors (Lipinski definition) is 3. The van der Waals surface area contributed by atoms with E-state index >= 15 is 0 Å². The van der Waals surface area contributed by atoms with Gasteiger partial charge in [0.25, 0.3) is 0 Å². The quantitative estimate of drug-likeness (QED) is 0.418. The summed E-state index contributed by atoms with van der Waals surface area (Å²) in [7, 11) is 0. The van der Waals surface area contributed by atoms with Crippen molar-refractivity contribution in [1.29, 1.82) is 0 Å². The molecule has 1 saturated carbocycles. The largest absolute Gasteiger partial charge is 0.478 e. The fourth-order valence-corrected chi connectivity index (χ4v) is 5.50. The third-order valence-electron chi connectivity index (χ3n) is 7.34. The molecule has 5 atom stereocenters. The van der Waals surface area contributed by atoms with Gasteiger partial charge in [0.15, 0.2) is 0 Å². The van der Waals surface area contributed by atoms with Crippen LogP contribution in [0.15, 0.2) is 23.3 Å². The average Bonchev–Trinajstić information content (AvgIpc) is 2.52. The van der Waals surface area contributed by atoms with Gasteiger partial charge in [-0.3, -0.25) is 4.79 Å². The van der Waals surface area contributed by atoms with Crippen molar-refractivity contribution >= 4 is 11.9 Å². The Morgan fingerprint density at radius 3 is 2.58 bits per heavy atom. The van der Waals surface area contributed by atoms with Crippen molar-refractivity contribution in [3.05, 3.63) is 23.3 Å². The van der Waals surface area contributed by atoms with Crippen LogP contribution in [0.4, 0.5) is 0 Å². The van der Waals surface area contributed by atoms with E-state index in [4.69, 9.17) is 9.84 Å². The third-order valence-corrected chi connectivity index (χ3v) is 7.34. The predicted molar refractivity (Wildman–Crippen MR) is 103 cm³/mol. The minimum Gasteiger partial charge on any atom is -0.478 e. The zero-order valence-corrected chi connectivity index (χ0v) is 17.1. The first-order chi connectivity index (χ1) is 12.0. The summed E-state index contributed by atoms with van der Waals surface area (Å²) in [5.74, 6) is -0.346. The highest BCUT2D eigenvalue weighted by Gasteiger charge is 2.57. The van der Waals surface area contributed by atoms with E-state index < -0.39 is 5.97 Å². The molecule has 0 radical (unpaired) electrons. The summed E-state index contributed by atoms with van der Waals surface area (Å²) >= 11 is 0. The number of fused-ring (bicyclic) bond motifs is 1. The first kappa shape index (κ1) is 20.7. The minimum atomic E-state index is -0.886. The van der Waals surface area contributed by atoms with Crippen LogP contribution in [0.1, 0.15) is 73.6 Å². The molecule has 1 fully saturated rings. The Hall–Kier alpha value is -1.58. The highest BCUT2D eigenvalue weighted by Crippen LogP contribution is 2.62. The molecule has 0 bridgehead atoms. The molecule has 2 aliphatic rings. The number of ether oxygens (including phenoxy) is 1. The van der Waals surface area contributed by atoms with Crippen LogP contribution in [0, 0.1) is 22.7 Å². The molecule has 26 heavy (non-hydrogen) atoms. The lowest BCUT2D eigenvalue weighted by atomic mass is 9.46. The van der Waals surface area contributed by atoms with Crippen LogP contribution in [0.3, 0.4) is 0 Å². The molecule has 4 heteroatoms. The molecule has 0 spiro atoms. The van der Waals surface area contributed by atoms with Gasteiger partial charge in [-0.1, -0.05) is 38.0 Å². The molecule has 146 valence electrons. The lowest BCUT2D eigenvalue weighted by molar-refractivity contribution is -0.169. The highest BCUT2D eigenvalue weighted by molar-refractivity contribution is 5.80. The summed E-state index contributed by atoms with van der Waals surface area (Å²) in [5.41, 5.74) is 2.33. The van der Waals surface area contributed by atoms with Gasteiger partial charge in [-0.15, -0.1) is 0 Å². The van der Waals surface area contributed by atoms with Crippen LogP contribution < -0.4 is 0 Å². The van der Waals surface area contributed by atoms with E-state index in [0.717, 1.165) is 37.7 Å². The molecule has 0 aromatic heterocycles. The van der Waals surface area contributed by atoms with E-state index in [0.29, 0.717) is 5.92 Å². The fourth-order valence-electron chi connectivity index (χ4n) is 5.50. The lowest BCUT2D eigenvalue weighted by Gasteiger charge is -2.60. The number of rotatable bonds is 5. The molecule has 4 nitrogen and oxygen atoms in total. The van der Waals surface area contributed by atoms with Crippen molar-refractivity contribution in [2.24, 2.45) is 22.7 Å². The maximum absolute atomic E-state index is 11.7. The summed E-state index contributed by atoms with van der Waals surface area (Å²) in [6.07, 6.45) is 8.34. The number of carbonyl (C=O) groups excluding carboxylic acids is 1. The smallest absolute Gasteiger partial charge is 0.328 e. The summed E-state index contributed by atoms with van der Waals surface area (Å²) in [6.45, 7) is 12.4. The molecular weight excluding hydrogens is 328 g/mol. The number of esters is 1.